The molecule has 0 saturated carbocycles. The number of hydrogen-bond acceptors (Lipinski definition) is 7. The lowest BCUT2D eigenvalue weighted by molar-refractivity contribution is -0.0306. The van der Waals surface area contributed by atoms with Crippen molar-refractivity contribution in [1.29, 1.82) is 0 Å². The maximum absolute atomic E-state index is 12.8. The van der Waals surface area contributed by atoms with Crippen LogP contribution in [0.1, 0.15) is 44.5 Å². The van der Waals surface area contributed by atoms with E-state index < -0.39 is 5.60 Å². The molecule has 190 valence electrons. The van der Waals surface area contributed by atoms with Crippen LogP contribution in [-0.4, -0.2) is 86.0 Å². The predicted molar refractivity (Wildman–Crippen MR) is 131 cm³/mol. The number of rotatable bonds is 7. The van der Waals surface area contributed by atoms with E-state index in [1.54, 1.807) is 11.0 Å². The van der Waals surface area contributed by atoms with Gasteiger partial charge in [-0.25, -0.2) is 4.79 Å². The first-order chi connectivity index (χ1) is 16.1. The molecule has 1 aromatic carbocycles. The minimum atomic E-state index is -0.488. The molecule has 0 aliphatic carbocycles. The molecule has 0 radical (unpaired) electrons. The van der Waals surface area contributed by atoms with E-state index in [0.29, 0.717) is 60.8 Å². The number of hydrogen-bond donors (Lipinski definition) is 2. The zero-order valence-electron chi connectivity index (χ0n) is 20.6. The van der Waals surface area contributed by atoms with Gasteiger partial charge < -0.3 is 30.2 Å². The first-order valence-electron chi connectivity index (χ1n) is 11.9. The lowest BCUT2D eigenvalue weighted by atomic mass is 10.1. The molecule has 0 aromatic heterocycles. The van der Waals surface area contributed by atoms with Crippen molar-refractivity contribution in [2.45, 2.75) is 45.8 Å². The fourth-order valence-electron chi connectivity index (χ4n) is 4.23. The summed E-state index contributed by atoms with van der Waals surface area (Å²) in [6.45, 7) is 12.7. The summed E-state index contributed by atoms with van der Waals surface area (Å²) in [6, 6.07) is 3.10. The molecule has 2 atom stereocenters. The summed E-state index contributed by atoms with van der Waals surface area (Å²) in [5.41, 5.74) is 6.07. The fourth-order valence-corrected chi connectivity index (χ4v) is 4.40. The van der Waals surface area contributed by atoms with Gasteiger partial charge in [0.1, 0.15) is 11.4 Å². The molecular formula is C24H37ClN4O5. The molecule has 0 bridgehead atoms. The van der Waals surface area contributed by atoms with Gasteiger partial charge in [-0.15, -0.1) is 0 Å². The summed E-state index contributed by atoms with van der Waals surface area (Å²) >= 11 is 6.12. The van der Waals surface area contributed by atoms with E-state index in [1.807, 2.05) is 27.7 Å². The van der Waals surface area contributed by atoms with Gasteiger partial charge in [0.05, 0.1) is 35.6 Å². The number of halogens is 1. The van der Waals surface area contributed by atoms with Crippen LogP contribution in [0.2, 0.25) is 5.02 Å². The molecule has 2 heterocycles. The van der Waals surface area contributed by atoms with Gasteiger partial charge >= 0.3 is 6.09 Å². The highest BCUT2D eigenvalue weighted by atomic mass is 35.5. The second-order valence-corrected chi connectivity index (χ2v) is 10.3. The zero-order chi connectivity index (χ0) is 24.9. The van der Waals surface area contributed by atoms with Crippen molar-refractivity contribution in [2.75, 3.05) is 58.2 Å². The highest BCUT2D eigenvalue weighted by molar-refractivity contribution is 6.33. The molecular weight excluding hydrogens is 460 g/mol. The van der Waals surface area contributed by atoms with Crippen molar-refractivity contribution < 1.29 is 23.8 Å². The lowest BCUT2D eigenvalue weighted by Crippen LogP contribution is -2.49. The third-order valence-corrected chi connectivity index (χ3v) is 6.14. The van der Waals surface area contributed by atoms with E-state index in [2.05, 4.69) is 10.2 Å². The van der Waals surface area contributed by atoms with Crippen LogP contribution in [0.4, 0.5) is 10.5 Å². The Morgan fingerprint density at radius 1 is 1.26 bits per heavy atom. The molecule has 2 aliphatic heterocycles. The maximum atomic E-state index is 12.8. The Morgan fingerprint density at radius 3 is 2.74 bits per heavy atom. The number of likely N-dealkylation sites (tertiary alicyclic amines) is 1. The third kappa shape index (κ3) is 7.38. The number of carbonyl (C=O) groups excluding carboxylic acids is 2. The van der Waals surface area contributed by atoms with Gasteiger partial charge in [-0.3, -0.25) is 9.69 Å². The maximum Gasteiger partial charge on any atom is 0.410 e. The van der Waals surface area contributed by atoms with E-state index in [9.17, 15) is 9.59 Å². The molecule has 3 N–H and O–H groups in total. The summed E-state index contributed by atoms with van der Waals surface area (Å²) in [5.74, 6) is 0.519. The van der Waals surface area contributed by atoms with Gasteiger partial charge in [0.15, 0.2) is 0 Å². The van der Waals surface area contributed by atoms with Crippen molar-refractivity contribution in [3.63, 3.8) is 0 Å². The standard InChI is InChI=1S/C24H37ClN4O5/c1-5-32-21-11-20(26)19(25)10-18(21)22(30)27-12-17-15-28(8-9-33-17)13-16-6-7-29(14-16)23(31)34-24(2,3)4/h10-11,16-17H,5-9,12-15,26H2,1-4H3,(H,27,30). The van der Waals surface area contributed by atoms with Crippen LogP contribution in [0.5, 0.6) is 5.75 Å². The number of nitrogen functional groups attached to an aromatic ring is 1. The van der Waals surface area contributed by atoms with E-state index in [0.717, 1.165) is 26.1 Å². The highest BCUT2D eigenvalue weighted by Crippen LogP contribution is 2.29. The molecule has 2 amide bonds. The number of nitrogens with two attached hydrogens (primary N) is 1. The summed E-state index contributed by atoms with van der Waals surface area (Å²) in [4.78, 5) is 29.3. The summed E-state index contributed by atoms with van der Waals surface area (Å²) < 4.78 is 16.9. The largest absolute Gasteiger partial charge is 0.493 e. The van der Waals surface area contributed by atoms with Gasteiger partial charge in [-0.2, -0.15) is 0 Å². The lowest BCUT2D eigenvalue weighted by Gasteiger charge is -2.34. The van der Waals surface area contributed by atoms with Crippen molar-refractivity contribution in [2.24, 2.45) is 5.92 Å². The van der Waals surface area contributed by atoms with E-state index in [-0.39, 0.29) is 18.1 Å². The number of amides is 2. The van der Waals surface area contributed by atoms with Crippen LogP contribution in [-0.2, 0) is 9.47 Å². The number of nitrogens with one attached hydrogen (secondary N) is 1. The Labute approximate surface area is 206 Å². The van der Waals surface area contributed by atoms with Gasteiger partial charge in [0.25, 0.3) is 5.91 Å². The number of nitrogens with zero attached hydrogens (tertiary/aromatic N) is 2. The monoisotopic (exact) mass is 496 g/mol. The van der Waals surface area contributed by atoms with Crippen LogP contribution in [0, 0.1) is 5.92 Å². The molecule has 2 saturated heterocycles. The molecule has 10 heteroatoms. The third-order valence-electron chi connectivity index (χ3n) is 5.81. The molecule has 0 spiro atoms. The second kappa shape index (κ2) is 11.5. The second-order valence-electron chi connectivity index (χ2n) is 9.85. The first-order valence-corrected chi connectivity index (χ1v) is 12.3. The molecule has 2 unspecified atom stereocenters. The van der Waals surface area contributed by atoms with Gasteiger partial charge in [0.2, 0.25) is 0 Å². The van der Waals surface area contributed by atoms with Crippen molar-refractivity contribution >= 4 is 29.3 Å². The summed E-state index contributed by atoms with van der Waals surface area (Å²) in [5, 5.41) is 3.24. The number of morpholine rings is 1. The number of carbonyl (C=O) groups is 2. The first kappa shape index (κ1) is 26.4. The Bertz CT molecular complexity index is 876. The fraction of sp³-hybridized carbons (Fsp3) is 0.667. The van der Waals surface area contributed by atoms with Crippen molar-refractivity contribution in [3.05, 3.63) is 22.7 Å². The summed E-state index contributed by atoms with van der Waals surface area (Å²) in [6.07, 6.45) is 0.587. The average Bonchev–Trinajstić information content (AvgIpc) is 3.22. The topological polar surface area (TPSA) is 106 Å². The van der Waals surface area contributed by atoms with Crippen molar-refractivity contribution in [1.82, 2.24) is 15.1 Å². The highest BCUT2D eigenvalue weighted by Gasteiger charge is 2.32. The SMILES string of the molecule is CCOc1cc(N)c(Cl)cc1C(=O)NCC1CN(CC2CCN(C(=O)OC(C)(C)C)C2)CCO1. The van der Waals surface area contributed by atoms with Crippen LogP contribution in [0.15, 0.2) is 12.1 Å². The van der Waals surface area contributed by atoms with Crippen LogP contribution in [0.25, 0.3) is 0 Å². The summed E-state index contributed by atoms with van der Waals surface area (Å²) in [7, 11) is 0. The molecule has 2 fully saturated rings. The van der Waals surface area contributed by atoms with Crippen LogP contribution in [0.3, 0.4) is 0 Å². The van der Waals surface area contributed by atoms with E-state index >= 15 is 0 Å². The number of ether oxygens (including phenoxy) is 3. The predicted octanol–water partition coefficient (Wildman–Crippen LogP) is 3.01. The zero-order valence-corrected chi connectivity index (χ0v) is 21.3. The van der Waals surface area contributed by atoms with Crippen molar-refractivity contribution in [3.8, 4) is 5.75 Å². The van der Waals surface area contributed by atoms with Gasteiger partial charge in [-0.05, 0) is 46.1 Å². The Hall–Kier alpha value is -2.23. The number of anilines is 1. The minimum absolute atomic E-state index is 0.124. The quantitative estimate of drug-likeness (QED) is 0.559. The van der Waals surface area contributed by atoms with Crippen LogP contribution < -0.4 is 15.8 Å². The Kier molecular flexibility index (Phi) is 8.89. The average molecular weight is 497 g/mol. The van der Waals surface area contributed by atoms with Gasteiger partial charge in [-0.1, -0.05) is 11.6 Å². The Balaban J connectivity index is 1.48. The molecule has 2 aliphatic rings. The number of benzene rings is 1. The normalized spacial score (nSPS) is 21.4. The smallest absolute Gasteiger partial charge is 0.410 e. The molecule has 34 heavy (non-hydrogen) atoms. The van der Waals surface area contributed by atoms with E-state index in [1.165, 1.54) is 6.07 Å². The van der Waals surface area contributed by atoms with Crippen LogP contribution >= 0.6 is 11.6 Å². The van der Waals surface area contributed by atoms with E-state index in [4.69, 9.17) is 31.5 Å². The molecule has 1 aromatic rings. The molecule has 3 rings (SSSR count). The molecule has 9 nitrogen and oxygen atoms in total. The Morgan fingerprint density at radius 2 is 2.03 bits per heavy atom. The minimum Gasteiger partial charge on any atom is -0.493 e. The van der Waals surface area contributed by atoms with Gasteiger partial charge in [0, 0.05) is 45.3 Å².